The van der Waals surface area contributed by atoms with Gasteiger partial charge in [-0.15, -0.1) is 5.10 Å². The molecule has 3 aliphatic heterocycles. The van der Waals surface area contributed by atoms with Crippen molar-refractivity contribution in [3.05, 3.63) is 64.7 Å². The first kappa shape index (κ1) is 20.6. The molecule has 3 aromatic rings. The van der Waals surface area contributed by atoms with Gasteiger partial charge in [0.1, 0.15) is 6.04 Å². The van der Waals surface area contributed by atoms with Crippen LogP contribution in [0.4, 0.5) is 5.95 Å². The fraction of sp³-hybridized carbons (Fsp3) is 0.320. The third-order valence-electron chi connectivity index (χ3n) is 6.94. The molecule has 9 nitrogen and oxygen atoms in total. The first-order valence-electron chi connectivity index (χ1n) is 11.5. The minimum absolute atomic E-state index is 0.183. The van der Waals surface area contributed by atoms with Crippen LogP contribution >= 0.6 is 0 Å². The van der Waals surface area contributed by atoms with Crippen LogP contribution in [0.5, 0.6) is 0 Å². The molecule has 4 heterocycles. The Balaban J connectivity index is 1.25. The molecule has 0 aliphatic carbocycles. The van der Waals surface area contributed by atoms with Gasteiger partial charge in [0.25, 0.3) is 5.91 Å². The number of nitrogens with one attached hydrogen (secondary N) is 1. The summed E-state index contributed by atoms with van der Waals surface area (Å²) in [6.07, 6.45) is 1.56. The van der Waals surface area contributed by atoms with E-state index in [9.17, 15) is 14.4 Å². The van der Waals surface area contributed by atoms with Crippen molar-refractivity contribution in [1.29, 1.82) is 0 Å². The number of fused-ring (bicyclic) bond motifs is 2. The van der Waals surface area contributed by atoms with E-state index in [4.69, 9.17) is 4.98 Å². The first-order chi connectivity index (χ1) is 16.5. The van der Waals surface area contributed by atoms with Crippen LogP contribution in [0.15, 0.2) is 42.5 Å². The van der Waals surface area contributed by atoms with Crippen LogP contribution in [0, 0.1) is 0 Å². The van der Waals surface area contributed by atoms with Crippen molar-refractivity contribution in [3.8, 4) is 11.4 Å². The summed E-state index contributed by atoms with van der Waals surface area (Å²) < 4.78 is 1.80. The van der Waals surface area contributed by atoms with Crippen molar-refractivity contribution in [3.63, 3.8) is 0 Å². The average Bonchev–Trinajstić information content (AvgIpc) is 3.38. The number of anilines is 1. The Hall–Kier alpha value is -4.01. The quantitative estimate of drug-likeness (QED) is 0.604. The van der Waals surface area contributed by atoms with E-state index >= 15 is 0 Å². The molecule has 1 aromatic heterocycles. The molecule has 34 heavy (non-hydrogen) atoms. The maximum Gasteiger partial charge on any atom is 0.255 e. The van der Waals surface area contributed by atoms with E-state index in [-0.39, 0.29) is 18.2 Å². The Morgan fingerprint density at radius 3 is 2.62 bits per heavy atom. The van der Waals surface area contributed by atoms with Gasteiger partial charge < -0.3 is 9.80 Å². The van der Waals surface area contributed by atoms with E-state index < -0.39 is 11.9 Å². The Bertz CT molecular complexity index is 1350. The van der Waals surface area contributed by atoms with E-state index in [1.54, 1.807) is 15.6 Å². The summed E-state index contributed by atoms with van der Waals surface area (Å²) in [7, 11) is 1.90. The van der Waals surface area contributed by atoms with Crippen molar-refractivity contribution in [2.24, 2.45) is 7.05 Å². The molecule has 3 aliphatic rings. The van der Waals surface area contributed by atoms with Crippen molar-refractivity contribution < 1.29 is 14.4 Å². The molecule has 0 spiro atoms. The second-order valence-corrected chi connectivity index (χ2v) is 9.07. The highest BCUT2D eigenvalue weighted by Gasteiger charge is 2.39. The average molecular weight is 457 g/mol. The van der Waals surface area contributed by atoms with Gasteiger partial charge in [-0.1, -0.05) is 30.3 Å². The smallest absolute Gasteiger partial charge is 0.255 e. The van der Waals surface area contributed by atoms with Crippen LogP contribution in [-0.2, 0) is 36.1 Å². The van der Waals surface area contributed by atoms with Crippen LogP contribution < -0.4 is 10.2 Å². The number of rotatable bonds is 3. The van der Waals surface area contributed by atoms with Gasteiger partial charge >= 0.3 is 0 Å². The molecule has 1 saturated heterocycles. The fourth-order valence-electron chi connectivity index (χ4n) is 5.15. The van der Waals surface area contributed by atoms with Gasteiger partial charge in [0.2, 0.25) is 17.8 Å². The molecule has 0 saturated carbocycles. The molecule has 1 N–H and O–H groups in total. The van der Waals surface area contributed by atoms with Crippen molar-refractivity contribution in [2.45, 2.75) is 38.4 Å². The molecule has 172 valence electrons. The van der Waals surface area contributed by atoms with Gasteiger partial charge in [0.05, 0.1) is 0 Å². The zero-order valence-corrected chi connectivity index (χ0v) is 18.8. The molecular formula is C25H24N6O3. The van der Waals surface area contributed by atoms with Gasteiger partial charge in [-0.05, 0) is 41.7 Å². The zero-order valence-electron chi connectivity index (χ0n) is 18.8. The van der Waals surface area contributed by atoms with Crippen molar-refractivity contribution in [1.82, 2.24) is 25.0 Å². The Labute approximate surface area is 196 Å². The summed E-state index contributed by atoms with van der Waals surface area (Å²) >= 11 is 0. The number of nitrogens with zero attached hydrogens (tertiary/aromatic N) is 5. The molecule has 1 fully saturated rings. The van der Waals surface area contributed by atoms with E-state index in [1.807, 2.05) is 19.2 Å². The standard InChI is InChI=1S/C25H24N6O3/c1-29-25(30-11-10-15-4-2-3-5-17(15)13-30)27-22(28-29)16-6-7-19-18(12-16)14-31(24(19)34)20-8-9-21(32)26-23(20)33/h2-7,12,20H,8-11,13-14H2,1H3,(H,26,32,33). The number of aryl methyl sites for hydroxylation is 1. The van der Waals surface area contributed by atoms with Gasteiger partial charge in [-0.25, -0.2) is 4.68 Å². The fourth-order valence-corrected chi connectivity index (χ4v) is 5.15. The minimum atomic E-state index is -0.623. The van der Waals surface area contributed by atoms with Crippen LogP contribution in [0.1, 0.15) is 39.9 Å². The predicted molar refractivity (Wildman–Crippen MR) is 124 cm³/mol. The number of benzene rings is 2. The largest absolute Gasteiger partial charge is 0.336 e. The third kappa shape index (κ3) is 3.35. The maximum absolute atomic E-state index is 13.0. The highest BCUT2D eigenvalue weighted by Crippen LogP contribution is 2.31. The summed E-state index contributed by atoms with van der Waals surface area (Å²) in [5.41, 5.74) is 4.94. The second kappa shape index (κ2) is 7.79. The summed E-state index contributed by atoms with van der Waals surface area (Å²) in [5.74, 6) is 0.536. The summed E-state index contributed by atoms with van der Waals surface area (Å²) in [6, 6.07) is 13.4. The van der Waals surface area contributed by atoms with Gasteiger partial charge in [-0.3, -0.25) is 19.7 Å². The number of amides is 3. The maximum atomic E-state index is 13.0. The molecule has 1 atom stereocenters. The lowest BCUT2D eigenvalue weighted by molar-refractivity contribution is -0.136. The third-order valence-corrected chi connectivity index (χ3v) is 6.94. The number of hydrogen-bond donors (Lipinski definition) is 1. The zero-order chi connectivity index (χ0) is 23.4. The number of carbonyl (C=O) groups excluding carboxylic acids is 3. The van der Waals surface area contributed by atoms with E-state index in [0.717, 1.165) is 36.6 Å². The molecule has 0 bridgehead atoms. The van der Waals surface area contributed by atoms with E-state index in [1.165, 1.54) is 11.1 Å². The number of piperidine rings is 1. The molecule has 1 unspecified atom stereocenters. The lowest BCUT2D eigenvalue weighted by Crippen LogP contribution is -2.52. The van der Waals surface area contributed by atoms with Gasteiger partial charge in [0.15, 0.2) is 5.82 Å². The molecule has 3 amide bonds. The van der Waals surface area contributed by atoms with Crippen molar-refractivity contribution in [2.75, 3.05) is 11.4 Å². The normalized spacial score (nSPS) is 19.8. The first-order valence-corrected chi connectivity index (χ1v) is 11.5. The lowest BCUT2D eigenvalue weighted by atomic mass is 10.0. The SMILES string of the molecule is Cn1nc(-c2ccc3c(c2)CN(C2CCC(=O)NC2=O)C3=O)nc1N1CCc2ccccc2C1. The number of imide groups is 1. The van der Waals surface area contributed by atoms with Crippen LogP contribution in [0.25, 0.3) is 11.4 Å². The predicted octanol–water partition coefficient (Wildman–Crippen LogP) is 1.81. The molecule has 0 radical (unpaired) electrons. The summed E-state index contributed by atoms with van der Waals surface area (Å²) in [5, 5.41) is 6.99. The Kier molecular flexibility index (Phi) is 4.72. The summed E-state index contributed by atoms with van der Waals surface area (Å²) in [6.45, 7) is 2.00. The molecule has 2 aromatic carbocycles. The van der Waals surface area contributed by atoms with Crippen LogP contribution in [0.2, 0.25) is 0 Å². The van der Waals surface area contributed by atoms with Crippen LogP contribution in [-0.4, -0.2) is 50.0 Å². The van der Waals surface area contributed by atoms with E-state index in [0.29, 0.717) is 24.4 Å². The lowest BCUT2D eigenvalue weighted by Gasteiger charge is -2.29. The molecular weight excluding hydrogens is 432 g/mol. The number of hydrogen-bond acceptors (Lipinski definition) is 6. The van der Waals surface area contributed by atoms with Crippen molar-refractivity contribution >= 4 is 23.7 Å². The molecule has 6 rings (SSSR count). The summed E-state index contributed by atoms with van der Waals surface area (Å²) in [4.78, 5) is 45.4. The number of aromatic nitrogens is 3. The Morgan fingerprint density at radius 2 is 1.79 bits per heavy atom. The van der Waals surface area contributed by atoms with E-state index in [2.05, 4.69) is 39.6 Å². The van der Waals surface area contributed by atoms with Gasteiger partial charge in [-0.2, -0.15) is 4.98 Å². The Morgan fingerprint density at radius 1 is 0.971 bits per heavy atom. The highest BCUT2D eigenvalue weighted by molar-refractivity contribution is 6.05. The molecule has 9 heteroatoms. The topological polar surface area (TPSA) is 100 Å². The van der Waals surface area contributed by atoms with Gasteiger partial charge in [0, 0.05) is 44.2 Å². The second-order valence-electron chi connectivity index (χ2n) is 9.07. The van der Waals surface area contributed by atoms with Crippen LogP contribution in [0.3, 0.4) is 0 Å². The highest BCUT2D eigenvalue weighted by atomic mass is 16.2. The minimum Gasteiger partial charge on any atom is -0.336 e. The monoisotopic (exact) mass is 456 g/mol. The number of carbonyl (C=O) groups is 3.